The van der Waals surface area contributed by atoms with Crippen LogP contribution in [0.1, 0.15) is 25.0 Å². The molecule has 5 heterocycles. The van der Waals surface area contributed by atoms with Crippen LogP contribution in [0.3, 0.4) is 0 Å². The summed E-state index contributed by atoms with van der Waals surface area (Å²) in [5, 5.41) is 27.1. The second kappa shape index (κ2) is 36.2. The van der Waals surface area contributed by atoms with Gasteiger partial charge in [0.2, 0.25) is 0 Å². The fourth-order valence-electron chi connectivity index (χ4n) is 22.4. The second-order valence-electron chi connectivity index (χ2n) is 38.8. The van der Waals surface area contributed by atoms with Crippen molar-refractivity contribution in [3.8, 4) is 147 Å². The zero-order valence-corrected chi connectivity index (χ0v) is 81.9. The highest BCUT2D eigenvalue weighted by Gasteiger charge is 2.37. The topological polar surface area (TPSA) is 129 Å². The van der Waals surface area contributed by atoms with E-state index >= 15 is 0 Å². The molecule has 149 heavy (non-hydrogen) atoms. The van der Waals surface area contributed by atoms with Gasteiger partial charge in [0.1, 0.15) is 11.2 Å². The van der Waals surface area contributed by atoms with Crippen molar-refractivity contribution >= 4 is 150 Å². The number of hydrogen-bond acceptors (Lipinski definition) is 11. The number of para-hydroxylation sites is 1. The summed E-state index contributed by atoms with van der Waals surface area (Å²) in [6.07, 6.45) is 0. The lowest BCUT2D eigenvalue weighted by atomic mass is 9.80. The van der Waals surface area contributed by atoms with E-state index in [1.807, 2.05) is 151 Å². The fraction of sp³-hybridized carbons (Fsp3) is 0.0217. The Morgan fingerprint density at radius 1 is 0.161 bits per heavy atom. The molecular formula is C138H87N9OS. The molecule has 0 fully saturated rings. The van der Waals surface area contributed by atoms with Crippen LogP contribution < -0.4 is 0 Å². The number of furan rings is 1. The summed E-state index contributed by atoms with van der Waals surface area (Å²) in [5.74, 6) is 5.84. The van der Waals surface area contributed by atoms with Gasteiger partial charge in [-0.25, -0.2) is 44.9 Å². The third-order valence-electron chi connectivity index (χ3n) is 29.7. The average molecular weight is 1920 g/mol. The quantitative estimate of drug-likeness (QED) is 0.109. The zero-order valence-electron chi connectivity index (χ0n) is 81.1. The molecule has 30 rings (SSSR count). The normalized spacial score (nSPS) is 12.1. The lowest BCUT2D eigenvalue weighted by molar-refractivity contribution is 0.661. The number of fused-ring (bicyclic) bond motifs is 27. The molecule has 1 aliphatic rings. The van der Waals surface area contributed by atoms with E-state index in [9.17, 15) is 0 Å². The van der Waals surface area contributed by atoms with E-state index in [-0.39, 0.29) is 5.41 Å². The molecule has 0 radical (unpaired) electrons. The van der Waals surface area contributed by atoms with Crippen molar-refractivity contribution in [2.24, 2.45) is 0 Å². The van der Waals surface area contributed by atoms with Gasteiger partial charge in [-0.2, -0.15) is 0 Å². The number of thiophene rings is 1. The SMILES string of the molecule is CC1(C)c2cc(-c3nc(-c4ccccc4)nc(-c4ccccc4)n3)ccc2-c2cc3c4cc(-c5ccccc5)ccc4c4ccccc4c3cc21.c1ccc(-c2ccc3c4ccccc4c4cc5oc6c(-c7nc(-c8ccccc8)nc(-c8ccccc8)n7)cccc6c5cc4c3c2)cc1.c1ccc(-c2ccc3c4ccccc4c4cc5sc6c(-c7nc(-c8ccccc8)nc(-c8ccccc8)n7)cccc6c5cc4c3c2)cc1. The van der Waals surface area contributed by atoms with Gasteiger partial charge in [-0.15, -0.1) is 11.3 Å². The molecule has 0 unspecified atom stereocenters. The van der Waals surface area contributed by atoms with Crippen molar-refractivity contribution in [1.82, 2.24) is 44.9 Å². The molecule has 0 spiro atoms. The Hall–Kier alpha value is -19.3. The van der Waals surface area contributed by atoms with Gasteiger partial charge in [-0.05, 0) is 225 Å². The third-order valence-corrected chi connectivity index (χ3v) is 30.9. The standard InChI is InChI=1S/C48H33N3.C45H27N3O.C45H27N3S/c1-48(2)43-27-34(47-50-45(31-16-8-4-9-17-31)49-46(51-47)32-18-10-5-11-19-32)23-25-38(43)42-28-40-39-26-33(30-14-6-3-7-15-30)22-24-37(39)35-20-12-13-21-36(35)41(40)29-44(42)48;2*1-4-13-28(14-5-1)31-23-24-34-32-19-10-11-20-33(32)39-27-41-40(26-38(39)37(34)25-31)35-21-12-22-36(42(35)49-41)45-47-43(29-15-6-2-7-16-29)46-44(48-45)30-17-8-3-9-18-30/h3-29H,1-2H3;2*1-27H. The van der Waals surface area contributed by atoms with E-state index in [1.165, 1.54) is 173 Å². The van der Waals surface area contributed by atoms with Crippen molar-refractivity contribution in [2.75, 3.05) is 0 Å². The third kappa shape index (κ3) is 15.4. The highest BCUT2D eigenvalue weighted by atomic mass is 32.1. The Morgan fingerprint density at radius 2 is 0.436 bits per heavy atom. The summed E-state index contributed by atoms with van der Waals surface area (Å²) in [4.78, 5) is 45.0. The van der Waals surface area contributed by atoms with Crippen LogP contribution in [0.25, 0.3) is 286 Å². The smallest absolute Gasteiger partial charge is 0.167 e. The predicted molar refractivity (Wildman–Crippen MR) is 620 cm³/mol. The molecule has 10 nitrogen and oxygen atoms in total. The van der Waals surface area contributed by atoms with Crippen molar-refractivity contribution < 1.29 is 4.42 Å². The molecule has 0 bridgehead atoms. The van der Waals surface area contributed by atoms with Crippen LogP contribution in [-0.4, -0.2) is 44.9 Å². The molecule has 5 aromatic heterocycles. The number of benzene rings is 24. The summed E-state index contributed by atoms with van der Waals surface area (Å²) >= 11 is 1.81. The van der Waals surface area contributed by atoms with Gasteiger partial charge < -0.3 is 4.42 Å². The summed E-state index contributed by atoms with van der Waals surface area (Å²) in [7, 11) is 0. The first kappa shape index (κ1) is 87.5. The van der Waals surface area contributed by atoms with Gasteiger partial charge in [0, 0.05) is 80.9 Å². The van der Waals surface area contributed by atoms with Crippen LogP contribution in [0.4, 0.5) is 0 Å². The first-order valence-corrected chi connectivity index (χ1v) is 51.2. The number of aromatic nitrogens is 9. The Kier molecular flexibility index (Phi) is 21.3. The van der Waals surface area contributed by atoms with Crippen molar-refractivity contribution in [3.05, 3.63) is 503 Å². The predicted octanol–water partition coefficient (Wildman–Crippen LogP) is 36.6. The molecule has 0 saturated heterocycles. The molecule has 696 valence electrons. The minimum Gasteiger partial charge on any atom is -0.455 e. The second-order valence-corrected chi connectivity index (χ2v) is 39.9. The zero-order chi connectivity index (χ0) is 98.7. The first-order chi connectivity index (χ1) is 73.6. The largest absolute Gasteiger partial charge is 0.455 e. The monoisotopic (exact) mass is 1920 g/mol. The molecular weight excluding hydrogens is 1830 g/mol. The maximum absolute atomic E-state index is 6.79. The molecule has 0 saturated carbocycles. The Bertz CT molecular complexity index is 9850. The Balaban J connectivity index is 0.000000108. The van der Waals surface area contributed by atoms with E-state index < -0.39 is 0 Å². The van der Waals surface area contributed by atoms with E-state index in [0.29, 0.717) is 52.4 Å². The molecule has 11 heteroatoms. The summed E-state index contributed by atoms with van der Waals surface area (Å²) in [6, 6.07) is 173. The molecule has 29 aromatic rings. The lowest BCUT2D eigenvalue weighted by Gasteiger charge is -2.23. The molecule has 0 atom stereocenters. The van der Waals surface area contributed by atoms with Crippen LogP contribution >= 0.6 is 11.3 Å². The maximum Gasteiger partial charge on any atom is 0.167 e. The van der Waals surface area contributed by atoms with E-state index in [0.717, 1.165) is 72.0 Å². The van der Waals surface area contributed by atoms with Gasteiger partial charge in [0.15, 0.2) is 52.4 Å². The van der Waals surface area contributed by atoms with E-state index in [1.54, 1.807) is 0 Å². The first-order valence-electron chi connectivity index (χ1n) is 50.4. The minimum absolute atomic E-state index is 0.228. The van der Waals surface area contributed by atoms with E-state index in [4.69, 9.17) is 49.3 Å². The van der Waals surface area contributed by atoms with Gasteiger partial charge in [-0.1, -0.05) is 432 Å². The highest BCUT2D eigenvalue weighted by Crippen LogP contribution is 2.54. The minimum atomic E-state index is -0.228. The fourth-order valence-corrected chi connectivity index (χ4v) is 23.6. The number of rotatable bonds is 12. The Morgan fingerprint density at radius 3 is 0.832 bits per heavy atom. The van der Waals surface area contributed by atoms with Crippen LogP contribution in [-0.2, 0) is 5.41 Å². The Labute approximate surface area is 862 Å². The molecule has 24 aromatic carbocycles. The van der Waals surface area contributed by atoms with Gasteiger partial charge in [-0.3, -0.25) is 0 Å². The van der Waals surface area contributed by atoms with Crippen LogP contribution in [0, 0.1) is 0 Å². The van der Waals surface area contributed by atoms with Crippen molar-refractivity contribution in [1.29, 1.82) is 0 Å². The van der Waals surface area contributed by atoms with Crippen LogP contribution in [0.5, 0.6) is 0 Å². The van der Waals surface area contributed by atoms with Gasteiger partial charge in [0.25, 0.3) is 0 Å². The highest BCUT2D eigenvalue weighted by molar-refractivity contribution is 7.26. The number of nitrogens with zero attached hydrogens (tertiary/aromatic N) is 9. The lowest BCUT2D eigenvalue weighted by Crippen LogP contribution is -2.15. The maximum atomic E-state index is 6.79. The van der Waals surface area contributed by atoms with Crippen molar-refractivity contribution in [3.63, 3.8) is 0 Å². The number of hydrogen-bond donors (Lipinski definition) is 0. The van der Waals surface area contributed by atoms with Crippen molar-refractivity contribution in [2.45, 2.75) is 19.3 Å². The molecule has 0 amide bonds. The summed E-state index contributed by atoms with van der Waals surface area (Å²) < 4.78 is 9.22. The van der Waals surface area contributed by atoms with Gasteiger partial charge in [0.05, 0.1) is 5.56 Å². The molecule has 0 aliphatic heterocycles. The molecule has 1 aliphatic carbocycles. The summed E-state index contributed by atoms with van der Waals surface area (Å²) in [5.41, 5.74) is 22.4. The van der Waals surface area contributed by atoms with Gasteiger partial charge >= 0.3 is 0 Å². The summed E-state index contributed by atoms with van der Waals surface area (Å²) in [6.45, 7) is 4.70. The average Bonchev–Trinajstić information content (AvgIpc) is 1.56. The van der Waals surface area contributed by atoms with Crippen LogP contribution in [0.15, 0.2) is 496 Å². The van der Waals surface area contributed by atoms with Crippen LogP contribution in [0.2, 0.25) is 0 Å². The molecule has 0 N–H and O–H groups in total. The van der Waals surface area contributed by atoms with E-state index in [2.05, 4.69) is 366 Å².